The van der Waals surface area contributed by atoms with E-state index in [0.29, 0.717) is 6.04 Å². The molecule has 1 unspecified atom stereocenters. The summed E-state index contributed by atoms with van der Waals surface area (Å²) in [6, 6.07) is 6.56. The highest BCUT2D eigenvalue weighted by molar-refractivity contribution is 5.44. The lowest BCUT2D eigenvalue weighted by Gasteiger charge is -2.20. The first-order valence-electron chi connectivity index (χ1n) is 7.16. The number of anilines is 1. The van der Waals surface area contributed by atoms with E-state index in [1.807, 2.05) is 12.3 Å². The van der Waals surface area contributed by atoms with Crippen LogP contribution in [0.3, 0.4) is 0 Å². The van der Waals surface area contributed by atoms with Crippen molar-refractivity contribution in [2.45, 2.75) is 32.9 Å². The molecule has 0 aliphatic rings. The molecule has 1 N–H and O–H groups in total. The van der Waals surface area contributed by atoms with Crippen molar-refractivity contribution in [3.63, 3.8) is 0 Å². The van der Waals surface area contributed by atoms with Gasteiger partial charge in [0.15, 0.2) is 0 Å². The first kappa shape index (κ1) is 14.6. The van der Waals surface area contributed by atoms with Crippen molar-refractivity contribution in [1.29, 1.82) is 0 Å². The maximum atomic E-state index is 5.09. The maximum Gasteiger partial charge on any atom is 0.0952 e. The Labute approximate surface area is 120 Å². The smallest absolute Gasteiger partial charge is 0.0952 e. The number of aromatic nitrogens is 1. The van der Waals surface area contributed by atoms with Crippen molar-refractivity contribution >= 4 is 5.69 Å². The van der Waals surface area contributed by atoms with Gasteiger partial charge in [-0.05, 0) is 31.2 Å². The number of hydrogen-bond acceptors (Lipinski definition) is 4. The zero-order valence-corrected chi connectivity index (χ0v) is 12.5. The van der Waals surface area contributed by atoms with Gasteiger partial charge in [-0.15, -0.1) is 0 Å². The van der Waals surface area contributed by atoms with Gasteiger partial charge >= 0.3 is 0 Å². The highest BCUT2D eigenvalue weighted by atomic mass is 16.3. The minimum absolute atomic E-state index is 0.341. The predicted octanol–water partition coefficient (Wildman–Crippen LogP) is 3.37. The Morgan fingerprint density at radius 1 is 1.30 bits per heavy atom. The summed E-state index contributed by atoms with van der Waals surface area (Å²) in [5, 5.41) is 3.45. The molecule has 0 fully saturated rings. The number of nitrogens with zero attached hydrogens (tertiary/aromatic N) is 2. The summed E-state index contributed by atoms with van der Waals surface area (Å²) in [6.45, 7) is 6.08. The van der Waals surface area contributed by atoms with Gasteiger partial charge in [-0.3, -0.25) is 4.98 Å². The van der Waals surface area contributed by atoms with Crippen molar-refractivity contribution in [1.82, 2.24) is 10.3 Å². The molecule has 0 aromatic carbocycles. The quantitative estimate of drug-likeness (QED) is 0.839. The van der Waals surface area contributed by atoms with Gasteiger partial charge < -0.3 is 14.6 Å². The summed E-state index contributed by atoms with van der Waals surface area (Å²) in [5.41, 5.74) is 3.38. The minimum Gasteiger partial charge on any atom is -0.472 e. The van der Waals surface area contributed by atoms with E-state index in [2.05, 4.69) is 48.2 Å². The molecule has 0 radical (unpaired) electrons. The molecule has 4 heteroatoms. The van der Waals surface area contributed by atoms with Gasteiger partial charge in [0.05, 0.1) is 30.1 Å². The number of rotatable bonds is 7. The van der Waals surface area contributed by atoms with Crippen molar-refractivity contribution in [2.75, 3.05) is 18.5 Å². The van der Waals surface area contributed by atoms with E-state index >= 15 is 0 Å². The Hall–Kier alpha value is -1.81. The van der Waals surface area contributed by atoms with Crippen molar-refractivity contribution < 1.29 is 4.42 Å². The van der Waals surface area contributed by atoms with Crippen LogP contribution in [0.15, 0.2) is 41.3 Å². The van der Waals surface area contributed by atoms with Crippen LogP contribution in [0.5, 0.6) is 0 Å². The Morgan fingerprint density at radius 3 is 2.70 bits per heavy atom. The fourth-order valence-corrected chi connectivity index (χ4v) is 2.28. The van der Waals surface area contributed by atoms with E-state index in [1.165, 1.54) is 0 Å². The number of hydrogen-bond donors (Lipinski definition) is 1. The van der Waals surface area contributed by atoms with Crippen LogP contribution in [0, 0.1) is 0 Å². The maximum absolute atomic E-state index is 5.09. The monoisotopic (exact) mass is 273 g/mol. The summed E-state index contributed by atoms with van der Waals surface area (Å²) in [4.78, 5) is 6.75. The summed E-state index contributed by atoms with van der Waals surface area (Å²) < 4.78 is 5.09. The Morgan fingerprint density at radius 2 is 2.15 bits per heavy atom. The van der Waals surface area contributed by atoms with E-state index in [4.69, 9.17) is 4.42 Å². The molecule has 0 saturated carbocycles. The van der Waals surface area contributed by atoms with Crippen LogP contribution in [0.4, 0.5) is 5.69 Å². The van der Waals surface area contributed by atoms with Crippen LogP contribution in [-0.2, 0) is 6.54 Å². The lowest BCUT2D eigenvalue weighted by molar-refractivity contribution is 0.525. The first-order chi connectivity index (χ1) is 9.74. The molecule has 2 aromatic heterocycles. The Bertz CT molecular complexity index is 493. The normalized spacial score (nSPS) is 12.3. The van der Waals surface area contributed by atoms with Gasteiger partial charge in [-0.2, -0.15) is 0 Å². The fourth-order valence-electron chi connectivity index (χ4n) is 2.28. The van der Waals surface area contributed by atoms with Gasteiger partial charge in [-0.25, -0.2) is 0 Å². The molecule has 0 saturated heterocycles. The Kier molecular flexibility index (Phi) is 5.18. The van der Waals surface area contributed by atoms with Gasteiger partial charge in [0.2, 0.25) is 0 Å². The lowest BCUT2D eigenvalue weighted by Crippen LogP contribution is -2.21. The van der Waals surface area contributed by atoms with E-state index in [9.17, 15) is 0 Å². The zero-order valence-electron chi connectivity index (χ0n) is 12.5. The minimum atomic E-state index is 0.341. The molecular weight excluding hydrogens is 250 g/mol. The van der Waals surface area contributed by atoms with Crippen LogP contribution < -0.4 is 10.2 Å². The van der Waals surface area contributed by atoms with Gasteiger partial charge in [0.1, 0.15) is 0 Å². The van der Waals surface area contributed by atoms with Gasteiger partial charge in [0, 0.05) is 25.2 Å². The van der Waals surface area contributed by atoms with Crippen LogP contribution in [0.1, 0.15) is 37.6 Å². The van der Waals surface area contributed by atoms with Crippen molar-refractivity contribution in [2.24, 2.45) is 0 Å². The molecule has 1 atom stereocenters. The summed E-state index contributed by atoms with van der Waals surface area (Å²) in [7, 11) is 2.06. The molecule has 108 valence electrons. The van der Waals surface area contributed by atoms with Gasteiger partial charge in [0.25, 0.3) is 0 Å². The molecule has 0 bridgehead atoms. The second-order valence-corrected chi connectivity index (χ2v) is 4.95. The summed E-state index contributed by atoms with van der Waals surface area (Å²) in [5.74, 6) is 0. The average Bonchev–Trinajstić information content (AvgIpc) is 2.98. The highest BCUT2D eigenvalue weighted by Crippen LogP contribution is 2.19. The second-order valence-electron chi connectivity index (χ2n) is 4.95. The second kappa shape index (κ2) is 7.10. The predicted molar refractivity (Wildman–Crippen MR) is 81.8 cm³/mol. The molecule has 0 amide bonds. The van der Waals surface area contributed by atoms with E-state index in [0.717, 1.165) is 36.5 Å². The van der Waals surface area contributed by atoms with Crippen LogP contribution in [-0.4, -0.2) is 18.6 Å². The fraction of sp³-hybridized carbons (Fsp3) is 0.438. The van der Waals surface area contributed by atoms with Crippen LogP contribution >= 0.6 is 0 Å². The summed E-state index contributed by atoms with van der Waals surface area (Å²) in [6.07, 6.45) is 6.46. The number of furan rings is 1. The molecule has 4 nitrogen and oxygen atoms in total. The molecule has 20 heavy (non-hydrogen) atoms. The van der Waals surface area contributed by atoms with Crippen LogP contribution in [0.2, 0.25) is 0 Å². The third-order valence-corrected chi connectivity index (χ3v) is 3.43. The van der Waals surface area contributed by atoms with Crippen molar-refractivity contribution in [3.05, 3.63) is 48.2 Å². The SMILES string of the molecule is CCNC(CC)c1ccc(N(C)Cc2ccoc2)cn1. The molecule has 2 rings (SSSR count). The summed E-state index contributed by atoms with van der Waals surface area (Å²) >= 11 is 0. The lowest BCUT2D eigenvalue weighted by atomic mass is 10.1. The molecule has 0 spiro atoms. The number of nitrogens with one attached hydrogen (secondary N) is 1. The standard InChI is InChI=1S/C16H23N3O/c1-4-15(17-5-2)16-7-6-14(10-18-16)19(3)11-13-8-9-20-12-13/h6-10,12,15,17H,4-5,11H2,1-3H3. The van der Waals surface area contributed by atoms with E-state index < -0.39 is 0 Å². The third kappa shape index (κ3) is 3.61. The van der Waals surface area contributed by atoms with E-state index in [-0.39, 0.29) is 0 Å². The molecule has 2 aromatic rings. The van der Waals surface area contributed by atoms with Gasteiger partial charge in [-0.1, -0.05) is 13.8 Å². The topological polar surface area (TPSA) is 41.3 Å². The zero-order chi connectivity index (χ0) is 14.4. The average molecular weight is 273 g/mol. The molecular formula is C16H23N3O. The van der Waals surface area contributed by atoms with Crippen molar-refractivity contribution in [3.8, 4) is 0 Å². The number of pyridine rings is 1. The molecule has 0 aliphatic carbocycles. The molecule has 0 aliphatic heterocycles. The largest absolute Gasteiger partial charge is 0.472 e. The van der Waals surface area contributed by atoms with Crippen LogP contribution in [0.25, 0.3) is 0 Å². The van der Waals surface area contributed by atoms with E-state index in [1.54, 1.807) is 12.5 Å². The first-order valence-corrected chi connectivity index (χ1v) is 7.16. The Balaban J connectivity index is 2.03. The molecule has 2 heterocycles. The highest BCUT2D eigenvalue weighted by Gasteiger charge is 2.10. The third-order valence-electron chi connectivity index (χ3n) is 3.43.